The number of amides is 1. The normalized spacial score (nSPS) is 13.2. The van der Waals surface area contributed by atoms with Gasteiger partial charge in [0.2, 0.25) is 0 Å². The van der Waals surface area contributed by atoms with Gasteiger partial charge in [0, 0.05) is 10.9 Å². The highest BCUT2D eigenvalue weighted by atomic mass is 16.5. The minimum absolute atomic E-state index is 0.269. The van der Waals surface area contributed by atoms with Gasteiger partial charge in [-0.1, -0.05) is 24.3 Å². The van der Waals surface area contributed by atoms with E-state index in [4.69, 9.17) is 4.65 Å². The Morgan fingerprint density at radius 3 is 2.96 bits per heavy atom. The van der Waals surface area contributed by atoms with Crippen molar-refractivity contribution >= 4 is 35.2 Å². The van der Waals surface area contributed by atoms with Gasteiger partial charge in [-0.3, -0.25) is 4.79 Å². The number of nitrogens with one attached hydrogen (secondary N) is 1. The van der Waals surface area contributed by atoms with E-state index in [1.165, 1.54) is 0 Å². The highest BCUT2D eigenvalue weighted by molar-refractivity contribution is 6.61. The van der Waals surface area contributed by atoms with Gasteiger partial charge < -0.3 is 15.0 Å². The summed E-state index contributed by atoms with van der Waals surface area (Å²) in [4.78, 5) is 16.8. The number of nitrogens with zero attached hydrogens (tertiary/aromatic N) is 1. The molecule has 0 saturated heterocycles. The van der Waals surface area contributed by atoms with Crippen molar-refractivity contribution in [1.82, 2.24) is 4.98 Å². The van der Waals surface area contributed by atoms with Crippen molar-refractivity contribution in [3.8, 4) is 0 Å². The first-order valence-corrected chi connectivity index (χ1v) is 7.30. The molecule has 0 radical (unpaired) electrons. The van der Waals surface area contributed by atoms with Crippen LogP contribution in [0.1, 0.15) is 15.9 Å². The first-order valence-electron chi connectivity index (χ1n) is 7.30. The lowest BCUT2D eigenvalue weighted by atomic mass is 9.79. The number of anilines is 1. The van der Waals surface area contributed by atoms with E-state index in [-0.39, 0.29) is 5.91 Å². The summed E-state index contributed by atoms with van der Waals surface area (Å²) in [6, 6.07) is 16.6. The average Bonchev–Trinajstić information content (AvgIpc) is 2.95. The fourth-order valence-electron chi connectivity index (χ4n) is 2.68. The summed E-state index contributed by atoms with van der Waals surface area (Å²) in [6.07, 6.45) is 0. The molecule has 2 N–H and O–H groups in total. The SMILES string of the molecule is O=C(Nc1ccc2ccccc2n1)c1ccc2c(c1)B(O)OC2. The molecule has 23 heavy (non-hydrogen) atoms. The number of carbonyl (C=O) groups is 1. The van der Waals surface area contributed by atoms with E-state index in [0.717, 1.165) is 16.5 Å². The van der Waals surface area contributed by atoms with Crippen LogP contribution in [0.4, 0.5) is 5.82 Å². The lowest BCUT2D eigenvalue weighted by molar-refractivity contribution is 0.102. The third-order valence-electron chi connectivity index (χ3n) is 3.91. The van der Waals surface area contributed by atoms with Crippen LogP contribution in [0.5, 0.6) is 0 Å². The minimum Gasteiger partial charge on any atom is -0.423 e. The van der Waals surface area contributed by atoms with E-state index in [1.807, 2.05) is 30.3 Å². The van der Waals surface area contributed by atoms with Crippen LogP contribution in [0.15, 0.2) is 54.6 Å². The van der Waals surface area contributed by atoms with Gasteiger partial charge >= 0.3 is 7.12 Å². The molecule has 4 rings (SSSR count). The van der Waals surface area contributed by atoms with Crippen LogP contribution in [-0.4, -0.2) is 23.0 Å². The molecule has 0 unspecified atom stereocenters. The van der Waals surface area contributed by atoms with Crippen molar-refractivity contribution in [3.63, 3.8) is 0 Å². The predicted molar refractivity (Wildman–Crippen MR) is 88.5 cm³/mol. The molecule has 1 aliphatic heterocycles. The summed E-state index contributed by atoms with van der Waals surface area (Å²) in [7, 11) is -0.962. The first-order chi connectivity index (χ1) is 11.2. The Morgan fingerprint density at radius 2 is 2.04 bits per heavy atom. The smallest absolute Gasteiger partial charge is 0.423 e. The number of aromatic nitrogens is 1. The zero-order chi connectivity index (χ0) is 15.8. The summed E-state index contributed by atoms with van der Waals surface area (Å²) in [6.45, 7) is 0.366. The van der Waals surface area contributed by atoms with Gasteiger partial charge in [-0.25, -0.2) is 4.98 Å². The molecule has 5 nitrogen and oxygen atoms in total. The molecular weight excluding hydrogens is 291 g/mol. The highest BCUT2D eigenvalue weighted by Gasteiger charge is 2.28. The van der Waals surface area contributed by atoms with Crippen molar-refractivity contribution in [2.75, 3.05) is 5.32 Å². The van der Waals surface area contributed by atoms with Crippen molar-refractivity contribution in [2.45, 2.75) is 6.61 Å². The highest BCUT2D eigenvalue weighted by Crippen LogP contribution is 2.16. The summed E-state index contributed by atoms with van der Waals surface area (Å²) in [5.41, 5.74) is 2.83. The number of para-hydroxylation sites is 1. The predicted octanol–water partition coefficient (Wildman–Crippen LogP) is 1.70. The van der Waals surface area contributed by atoms with Crippen LogP contribution in [0.2, 0.25) is 0 Å². The topological polar surface area (TPSA) is 71.5 Å². The van der Waals surface area contributed by atoms with Crippen LogP contribution in [0.25, 0.3) is 10.9 Å². The molecule has 0 atom stereocenters. The largest absolute Gasteiger partial charge is 0.491 e. The van der Waals surface area contributed by atoms with Crippen LogP contribution < -0.4 is 10.8 Å². The van der Waals surface area contributed by atoms with Crippen LogP contribution in [-0.2, 0) is 11.3 Å². The number of benzene rings is 2. The van der Waals surface area contributed by atoms with Gasteiger partial charge in [-0.2, -0.15) is 0 Å². The molecule has 6 heteroatoms. The molecular formula is C17H13BN2O3. The second-order valence-electron chi connectivity index (χ2n) is 5.42. The van der Waals surface area contributed by atoms with E-state index in [9.17, 15) is 9.82 Å². The van der Waals surface area contributed by atoms with Gasteiger partial charge in [-0.05, 0) is 41.4 Å². The summed E-state index contributed by atoms with van der Waals surface area (Å²) < 4.78 is 5.14. The maximum absolute atomic E-state index is 12.4. The molecule has 3 aromatic rings. The Kier molecular flexibility index (Phi) is 3.33. The van der Waals surface area contributed by atoms with Crippen molar-refractivity contribution in [1.29, 1.82) is 0 Å². The molecule has 0 fully saturated rings. The molecule has 0 aliphatic carbocycles. The van der Waals surface area contributed by atoms with Crippen molar-refractivity contribution < 1.29 is 14.5 Å². The van der Waals surface area contributed by atoms with Crippen molar-refractivity contribution in [2.24, 2.45) is 0 Å². The third-order valence-corrected chi connectivity index (χ3v) is 3.91. The Hall–Kier alpha value is -2.70. The molecule has 1 aromatic heterocycles. The fourth-order valence-corrected chi connectivity index (χ4v) is 2.68. The number of carbonyl (C=O) groups excluding carboxylic acids is 1. The van der Waals surface area contributed by atoms with E-state index in [0.29, 0.717) is 23.5 Å². The monoisotopic (exact) mass is 304 g/mol. The van der Waals surface area contributed by atoms with Crippen LogP contribution in [0, 0.1) is 0 Å². The second-order valence-corrected chi connectivity index (χ2v) is 5.42. The Morgan fingerprint density at radius 1 is 1.17 bits per heavy atom. The molecule has 0 saturated carbocycles. The number of rotatable bonds is 2. The zero-order valence-corrected chi connectivity index (χ0v) is 12.2. The molecule has 2 heterocycles. The Balaban J connectivity index is 1.60. The molecule has 1 aliphatic rings. The number of hydrogen-bond acceptors (Lipinski definition) is 4. The van der Waals surface area contributed by atoms with E-state index >= 15 is 0 Å². The van der Waals surface area contributed by atoms with E-state index in [2.05, 4.69) is 10.3 Å². The van der Waals surface area contributed by atoms with Crippen LogP contribution in [0.3, 0.4) is 0 Å². The quantitative estimate of drug-likeness (QED) is 0.707. The maximum Gasteiger partial charge on any atom is 0.491 e. The summed E-state index contributed by atoms with van der Waals surface area (Å²) in [5.74, 6) is 0.223. The van der Waals surface area contributed by atoms with Gasteiger partial charge in [0.15, 0.2) is 0 Å². The maximum atomic E-state index is 12.4. The number of hydrogen-bond donors (Lipinski definition) is 2. The van der Waals surface area contributed by atoms with Crippen molar-refractivity contribution in [3.05, 3.63) is 65.7 Å². The number of pyridine rings is 1. The molecule has 112 valence electrons. The molecule has 0 spiro atoms. The Labute approximate surface area is 133 Å². The molecule has 2 aromatic carbocycles. The second kappa shape index (κ2) is 5.50. The lowest BCUT2D eigenvalue weighted by Gasteiger charge is -2.07. The van der Waals surface area contributed by atoms with Gasteiger partial charge in [0.1, 0.15) is 5.82 Å². The standard InChI is InChI=1S/C17H13BN2O3/c21-17(12-5-6-13-10-23-18(22)14(13)9-12)20-16-8-7-11-3-1-2-4-15(11)19-16/h1-9,22H,10H2,(H,19,20,21). The summed E-state index contributed by atoms with van der Waals surface area (Å²) in [5, 5.41) is 13.5. The fraction of sp³-hybridized carbons (Fsp3) is 0.0588. The lowest BCUT2D eigenvalue weighted by Crippen LogP contribution is -2.29. The zero-order valence-electron chi connectivity index (χ0n) is 12.2. The van der Waals surface area contributed by atoms with E-state index < -0.39 is 7.12 Å². The molecule has 0 bridgehead atoms. The van der Waals surface area contributed by atoms with Crippen LogP contribution >= 0.6 is 0 Å². The van der Waals surface area contributed by atoms with E-state index in [1.54, 1.807) is 24.3 Å². The van der Waals surface area contributed by atoms with Gasteiger partial charge in [0.05, 0.1) is 12.1 Å². The first kappa shape index (κ1) is 13.9. The molecule has 1 amide bonds. The number of fused-ring (bicyclic) bond motifs is 2. The third kappa shape index (κ3) is 2.58. The summed E-state index contributed by atoms with van der Waals surface area (Å²) >= 11 is 0. The minimum atomic E-state index is -0.962. The average molecular weight is 304 g/mol. The van der Waals surface area contributed by atoms with Gasteiger partial charge in [-0.15, -0.1) is 0 Å². The Bertz CT molecular complexity index is 913. The van der Waals surface area contributed by atoms with Gasteiger partial charge in [0.25, 0.3) is 5.91 Å².